The fraction of sp³-hybridized carbons (Fsp3) is 0.458. The lowest BCUT2D eigenvalue weighted by Crippen LogP contribution is -2.22. The van der Waals surface area contributed by atoms with Gasteiger partial charge in [0, 0.05) is 5.92 Å². The van der Waals surface area contributed by atoms with Gasteiger partial charge in [0.05, 0.1) is 17.8 Å². The molecule has 27 heavy (non-hydrogen) atoms. The molecular formula is C24H30O3. The molecule has 0 bridgehead atoms. The summed E-state index contributed by atoms with van der Waals surface area (Å²) in [5, 5.41) is 9.06. The third-order valence-corrected chi connectivity index (χ3v) is 5.38. The van der Waals surface area contributed by atoms with E-state index < -0.39 is 5.97 Å². The number of hydrogen-bond acceptors (Lipinski definition) is 2. The zero-order valence-corrected chi connectivity index (χ0v) is 17.0. The van der Waals surface area contributed by atoms with Crippen molar-refractivity contribution in [1.82, 2.24) is 0 Å². The van der Waals surface area contributed by atoms with Gasteiger partial charge in [0.15, 0.2) is 0 Å². The van der Waals surface area contributed by atoms with Crippen LogP contribution in [0.25, 0.3) is 0 Å². The molecule has 0 amide bonds. The number of carboxylic acids is 1. The van der Waals surface area contributed by atoms with E-state index in [1.54, 1.807) is 12.1 Å². The van der Waals surface area contributed by atoms with Crippen LogP contribution in [0.3, 0.4) is 0 Å². The third-order valence-electron chi connectivity index (χ3n) is 5.38. The van der Waals surface area contributed by atoms with E-state index in [2.05, 4.69) is 52.8 Å². The van der Waals surface area contributed by atoms with Crippen molar-refractivity contribution in [1.29, 1.82) is 0 Å². The zero-order chi connectivity index (χ0) is 19.8. The number of rotatable bonds is 6. The Hall–Kier alpha value is -2.13. The Balaban J connectivity index is 1.79. The van der Waals surface area contributed by atoms with Gasteiger partial charge in [-0.25, -0.2) is 4.79 Å². The molecule has 1 fully saturated rings. The minimum Gasteiger partial charge on any atom is -0.478 e. The molecule has 1 atom stereocenters. The van der Waals surface area contributed by atoms with Gasteiger partial charge in [-0.05, 0) is 59.6 Å². The van der Waals surface area contributed by atoms with E-state index in [-0.39, 0.29) is 16.9 Å². The van der Waals surface area contributed by atoms with Gasteiger partial charge in [-0.3, -0.25) is 0 Å². The Kier molecular flexibility index (Phi) is 5.18. The number of carbonyl (C=O) groups is 1. The summed E-state index contributed by atoms with van der Waals surface area (Å²) in [5.74, 6) is -0.675. The predicted octanol–water partition coefficient (Wildman–Crippen LogP) is 5.90. The van der Waals surface area contributed by atoms with Crippen molar-refractivity contribution in [3.63, 3.8) is 0 Å². The van der Waals surface area contributed by atoms with Crippen LogP contribution in [0, 0.1) is 12.3 Å². The molecule has 144 valence electrons. The maximum Gasteiger partial charge on any atom is 0.335 e. The number of benzene rings is 2. The second-order valence-electron chi connectivity index (χ2n) is 9.07. The van der Waals surface area contributed by atoms with E-state index in [1.165, 1.54) is 16.7 Å². The van der Waals surface area contributed by atoms with Gasteiger partial charge in [-0.2, -0.15) is 0 Å². The number of hydrogen-bond donors (Lipinski definition) is 1. The molecule has 3 heteroatoms. The number of aromatic carboxylic acids is 1. The van der Waals surface area contributed by atoms with E-state index in [4.69, 9.17) is 9.84 Å². The molecule has 0 radical (unpaired) electrons. The summed E-state index contributed by atoms with van der Waals surface area (Å²) in [7, 11) is 0. The smallest absolute Gasteiger partial charge is 0.335 e. The largest absolute Gasteiger partial charge is 0.478 e. The van der Waals surface area contributed by atoms with Crippen LogP contribution in [0.2, 0.25) is 0 Å². The summed E-state index contributed by atoms with van der Waals surface area (Å²) >= 11 is 0. The van der Waals surface area contributed by atoms with E-state index in [1.807, 2.05) is 12.1 Å². The molecule has 0 spiro atoms. The Labute approximate surface area is 162 Å². The Bertz CT molecular complexity index is 824. The second-order valence-corrected chi connectivity index (χ2v) is 9.07. The van der Waals surface area contributed by atoms with Gasteiger partial charge in [-0.1, -0.05) is 58.0 Å². The topological polar surface area (TPSA) is 46.5 Å². The van der Waals surface area contributed by atoms with Gasteiger partial charge >= 0.3 is 5.97 Å². The molecule has 2 aromatic carbocycles. The summed E-state index contributed by atoms with van der Waals surface area (Å²) < 4.78 is 6.34. The number of carboxylic acid groups (broad SMARTS) is 1. The fourth-order valence-electron chi connectivity index (χ4n) is 3.53. The maximum absolute atomic E-state index is 11.0. The SMILES string of the molecule is Cc1cc(C(C)c2ccc(C(=O)O)cc2)ccc1C1(OCC(C)(C)C)CC1. The predicted molar refractivity (Wildman–Crippen MR) is 108 cm³/mol. The summed E-state index contributed by atoms with van der Waals surface area (Å²) in [5.41, 5.74) is 5.34. The fourth-order valence-corrected chi connectivity index (χ4v) is 3.53. The molecule has 0 aromatic heterocycles. The van der Waals surface area contributed by atoms with Crippen molar-refractivity contribution in [2.45, 2.75) is 59.0 Å². The number of ether oxygens (including phenoxy) is 1. The molecular weight excluding hydrogens is 336 g/mol. The molecule has 1 saturated carbocycles. The monoisotopic (exact) mass is 366 g/mol. The van der Waals surface area contributed by atoms with Crippen molar-refractivity contribution >= 4 is 5.97 Å². The quantitative estimate of drug-likeness (QED) is 0.692. The summed E-state index contributed by atoms with van der Waals surface area (Å²) in [6.07, 6.45) is 2.19. The molecule has 1 aliphatic rings. The minimum atomic E-state index is -0.889. The van der Waals surface area contributed by atoms with Crippen LogP contribution < -0.4 is 0 Å². The van der Waals surface area contributed by atoms with Crippen molar-refractivity contribution in [3.8, 4) is 0 Å². The highest BCUT2D eigenvalue weighted by Gasteiger charge is 2.47. The lowest BCUT2D eigenvalue weighted by atomic mass is 9.89. The molecule has 0 saturated heterocycles. The molecule has 3 nitrogen and oxygen atoms in total. The molecule has 3 rings (SSSR count). The highest BCUT2D eigenvalue weighted by molar-refractivity contribution is 5.87. The summed E-state index contributed by atoms with van der Waals surface area (Å²) in [6, 6.07) is 13.8. The Morgan fingerprint density at radius 2 is 1.70 bits per heavy atom. The van der Waals surface area contributed by atoms with Crippen molar-refractivity contribution < 1.29 is 14.6 Å². The van der Waals surface area contributed by atoms with Gasteiger partial charge in [0.2, 0.25) is 0 Å². The van der Waals surface area contributed by atoms with Crippen LogP contribution in [-0.4, -0.2) is 17.7 Å². The first kappa shape index (κ1) is 19.6. The Morgan fingerprint density at radius 3 is 2.19 bits per heavy atom. The van der Waals surface area contributed by atoms with Crippen LogP contribution in [-0.2, 0) is 10.3 Å². The zero-order valence-electron chi connectivity index (χ0n) is 17.0. The summed E-state index contributed by atoms with van der Waals surface area (Å²) in [4.78, 5) is 11.0. The molecule has 1 aliphatic carbocycles. The first-order valence-corrected chi connectivity index (χ1v) is 9.70. The van der Waals surface area contributed by atoms with E-state index in [0.29, 0.717) is 5.56 Å². The van der Waals surface area contributed by atoms with Gasteiger partial charge in [0.1, 0.15) is 0 Å². The molecule has 2 aromatic rings. The first-order valence-electron chi connectivity index (χ1n) is 9.70. The van der Waals surface area contributed by atoms with E-state index in [9.17, 15) is 4.79 Å². The van der Waals surface area contributed by atoms with Gasteiger partial charge in [0.25, 0.3) is 0 Å². The van der Waals surface area contributed by atoms with Crippen LogP contribution in [0.5, 0.6) is 0 Å². The molecule has 0 aliphatic heterocycles. The van der Waals surface area contributed by atoms with E-state index in [0.717, 1.165) is 25.0 Å². The van der Waals surface area contributed by atoms with Crippen LogP contribution in [0.4, 0.5) is 0 Å². The minimum absolute atomic E-state index is 0.0950. The number of aryl methyl sites for hydroxylation is 1. The highest BCUT2D eigenvalue weighted by Crippen LogP contribution is 2.51. The van der Waals surface area contributed by atoms with Crippen LogP contribution in [0.1, 0.15) is 79.1 Å². The van der Waals surface area contributed by atoms with Crippen molar-refractivity contribution in [3.05, 3.63) is 70.3 Å². The average molecular weight is 367 g/mol. The van der Waals surface area contributed by atoms with E-state index >= 15 is 0 Å². The lowest BCUT2D eigenvalue weighted by molar-refractivity contribution is -0.0121. The second kappa shape index (κ2) is 7.12. The van der Waals surface area contributed by atoms with Crippen LogP contribution in [0.15, 0.2) is 42.5 Å². The third kappa shape index (κ3) is 4.41. The first-order chi connectivity index (χ1) is 12.6. The maximum atomic E-state index is 11.0. The molecule has 1 N–H and O–H groups in total. The van der Waals surface area contributed by atoms with Gasteiger partial charge < -0.3 is 9.84 Å². The van der Waals surface area contributed by atoms with Crippen molar-refractivity contribution in [2.24, 2.45) is 5.41 Å². The van der Waals surface area contributed by atoms with Gasteiger partial charge in [-0.15, -0.1) is 0 Å². The standard InChI is InChI=1S/C24H30O3/c1-16-14-20(17(2)18-6-8-19(9-7-18)22(25)26)10-11-21(16)24(12-13-24)27-15-23(3,4)5/h6-11,14,17H,12-13,15H2,1-5H3,(H,25,26). The highest BCUT2D eigenvalue weighted by atomic mass is 16.5. The Morgan fingerprint density at radius 1 is 1.11 bits per heavy atom. The average Bonchev–Trinajstić information content (AvgIpc) is 3.40. The van der Waals surface area contributed by atoms with Crippen molar-refractivity contribution in [2.75, 3.05) is 6.61 Å². The molecule has 1 unspecified atom stereocenters. The summed E-state index contributed by atoms with van der Waals surface area (Å²) in [6.45, 7) is 11.7. The molecule has 0 heterocycles. The lowest BCUT2D eigenvalue weighted by Gasteiger charge is -2.26. The van der Waals surface area contributed by atoms with Crippen LogP contribution >= 0.6 is 0 Å². The normalized spacial score (nSPS) is 16.8.